The van der Waals surface area contributed by atoms with E-state index in [1.54, 1.807) is 11.5 Å². The van der Waals surface area contributed by atoms with Gasteiger partial charge in [-0.25, -0.2) is 8.77 Å². The molecule has 0 fully saturated rings. The Bertz CT molecular complexity index is 610. The molecule has 0 atom stereocenters. The summed E-state index contributed by atoms with van der Waals surface area (Å²) < 4.78 is 2.05. The molecule has 0 spiro atoms. The molecule has 4 nitrogen and oxygen atoms in total. The van der Waals surface area contributed by atoms with Crippen LogP contribution >= 0.6 is 11.5 Å². The van der Waals surface area contributed by atoms with Gasteiger partial charge in [0.1, 0.15) is 0 Å². The Hall–Kier alpha value is -1.62. The van der Waals surface area contributed by atoms with E-state index in [9.17, 15) is 0 Å². The molecule has 0 aliphatic rings. The van der Waals surface area contributed by atoms with Gasteiger partial charge in [-0.1, -0.05) is 12.1 Å². The van der Waals surface area contributed by atoms with Crippen LogP contribution in [0.15, 0.2) is 24.3 Å². The van der Waals surface area contributed by atoms with Crippen LogP contribution in [0, 0.1) is 0 Å². The van der Waals surface area contributed by atoms with Gasteiger partial charge in [0.25, 0.3) is 0 Å². The van der Waals surface area contributed by atoms with Crippen molar-refractivity contribution in [3.63, 3.8) is 0 Å². The molecule has 0 radical (unpaired) electrons. The lowest BCUT2D eigenvalue weighted by atomic mass is 10.3. The van der Waals surface area contributed by atoms with E-state index in [2.05, 4.69) is 28.3 Å². The fourth-order valence-electron chi connectivity index (χ4n) is 1.57. The van der Waals surface area contributed by atoms with Crippen LogP contribution in [0.2, 0.25) is 0 Å². The first-order valence-corrected chi connectivity index (χ1v) is 5.64. The van der Waals surface area contributed by atoms with Gasteiger partial charge in [-0.05, 0) is 30.6 Å². The second-order valence-electron chi connectivity index (χ2n) is 3.23. The lowest BCUT2D eigenvalue weighted by Gasteiger charge is -1.92. The molecular formula is C10H10N4S. The lowest BCUT2D eigenvalue weighted by Crippen LogP contribution is -1.94. The molecule has 3 rings (SSSR count). The Morgan fingerprint density at radius 3 is 3.07 bits per heavy atom. The van der Waals surface area contributed by atoms with Crippen molar-refractivity contribution >= 4 is 33.5 Å². The third-order valence-corrected chi connectivity index (χ3v) is 3.16. The third kappa shape index (κ3) is 1.27. The van der Waals surface area contributed by atoms with E-state index >= 15 is 0 Å². The van der Waals surface area contributed by atoms with E-state index in [0.717, 1.165) is 28.5 Å². The quantitative estimate of drug-likeness (QED) is 0.718. The van der Waals surface area contributed by atoms with Crippen LogP contribution in [-0.2, 0) is 0 Å². The second-order valence-corrected chi connectivity index (χ2v) is 4.17. The van der Waals surface area contributed by atoms with Crippen molar-refractivity contribution in [1.29, 1.82) is 0 Å². The molecule has 3 aromatic rings. The summed E-state index contributed by atoms with van der Waals surface area (Å²) in [5, 5.41) is 4.12. The zero-order valence-corrected chi connectivity index (χ0v) is 9.08. The van der Waals surface area contributed by atoms with Crippen LogP contribution in [0.25, 0.3) is 16.8 Å². The molecule has 0 saturated heterocycles. The van der Waals surface area contributed by atoms with Gasteiger partial charge in [-0.3, -0.25) is 0 Å². The summed E-state index contributed by atoms with van der Waals surface area (Å²) in [6.45, 7) is 2.94. The molecular weight excluding hydrogens is 208 g/mol. The van der Waals surface area contributed by atoms with Crippen molar-refractivity contribution in [3.8, 4) is 0 Å². The van der Waals surface area contributed by atoms with E-state index in [1.807, 2.05) is 22.0 Å². The summed E-state index contributed by atoms with van der Waals surface area (Å²) in [6.07, 6.45) is 0. The predicted octanol–water partition coefficient (Wildman–Crippen LogP) is 2.38. The molecule has 5 heteroatoms. The van der Waals surface area contributed by atoms with E-state index < -0.39 is 0 Å². The molecule has 1 aromatic carbocycles. The first-order valence-electron chi connectivity index (χ1n) is 4.87. The van der Waals surface area contributed by atoms with Crippen LogP contribution < -0.4 is 5.32 Å². The minimum absolute atomic E-state index is 0.775. The number of hydrogen-bond acceptors (Lipinski definition) is 4. The van der Waals surface area contributed by atoms with Crippen LogP contribution in [0.3, 0.4) is 0 Å². The van der Waals surface area contributed by atoms with Gasteiger partial charge in [0, 0.05) is 6.54 Å². The standard InChI is InChI=1S/C10H10N4S/c1-2-11-10-13-9-12-7-5-3-4-6-8(7)14(9)15-10/h3-6H,2H2,1H3,(H,11,12,13). The summed E-state index contributed by atoms with van der Waals surface area (Å²) in [5.74, 6) is 0.775. The number of imidazole rings is 1. The zero-order valence-electron chi connectivity index (χ0n) is 8.27. The molecule has 1 N–H and O–H groups in total. The van der Waals surface area contributed by atoms with Crippen LogP contribution in [-0.4, -0.2) is 20.3 Å². The number of para-hydroxylation sites is 2. The summed E-state index contributed by atoms with van der Waals surface area (Å²) >= 11 is 1.59. The van der Waals surface area contributed by atoms with Gasteiger partial charge < -0.3 is 5.32 Å². The Morgan fingerprint density at radius 2 is 2.20 bits per heavy atom. The molecule has 15 heavy (non-hydrogen) atoms. The van der Waals surface area contributed by atoms with Gasteiger partial charge in [0.15, 0.2) is 0 Å². The van der Waals surface area contributed by atoms with Gasteiger partial charge in [-0.15, -0.1) is 0 Å². The van der Waals surface area contributed by atoms with Gasteiger partial charge in [0.05, 0.1) is 11.0 Å². The summed E-state index contributed by atoms with van der Waals surface area (Å²) in [7, 11) is 0. The lowest BCUT2D eigenvalue weighted by molar-refractivity contribution is 1.19. The second kappa shape index (κ2) is 3.20. The maximum Gasteiger partial charge on any atom is 0.247 e. The Morgan fingerprint density at radius 1 is 1.33 bits per heavy atom. The minimum atomic E-state index is 0.775. The number of nitrogens with zero attached hydrogens (tertiary/aromatic N) is 3. The SMILES string of the molecule is CCNc1nc2nc3ccccc3n2s1. The number of anilines is 1. The summed E-state index contributed by atoms with van der Waals surface area (Å²) in [6, 6.07) is 8.07. The fourth-order valence-corrected chi connectivity index (χ4v) is 2.49. The fraction of sp³-hybridized carbons (Fsp3) is 0.200. The van der Waals surface area contributed by atoms with Crippen molar-refractivity contribution in [3.05, 3.63) is 24.3 Å². The van der Waals surface area contributed by atoms with Crippen LogP contribution in [0.1, 0.15) is 6.92 Å². The molecule has 0 bridgehead atoms. The topological polar surface area (TPSA) is 42.2 Å². The summed E-state index contributed by atoms with van der Waals surface area (Å²) in [4.78, 5) is 8.84. The Labute approximate surface area is 90.7 Å². The number of hydrogen-bond donors (Lipinski definition) is 1. The number of aromatic nitrogens is 3. The largest absolute Gasteiger partial charge is 0.361 e. The van der Waals surface area contributed by atoms with Crippen LogP contribution in [0.4, 0.5) is 5.13 Å². The van der Waals surface area contributed by atoms with Crippen molar-refractivity contribution in [2.75, 3.05) is 11.9 Å². The molecule has 2 heterocycles. The highest BCUT2D eigenvalue weighted by atomic mass is 32.1. The van der Waals surface area contributed by atoms with E-state index in [0.29, 0.717) is 0 Å². The molecule has 2 aromatic heterocycles. The summed E-state index contributed by atoms with van der Waals surface area (Å²) in [5.41, 5.74) is 2.12. The highest BCUT2D eigenvalue weighted by molar-refractivity contribution is 7.10. The minimum Gasteiger partial charge on any atom is -0.361 e. The van der Waals surface area contributed by atoms with Crippen LogP contribution in [0.5, 0.6) is 0 Å². The molecule has 0 unspecified atom stereocenters. The van der Waals surface area contributed by atoms with Crippen molar-refractivity contribution in [1.82, 2.24) is 13.8 Å². The number of benzene rings is 1. The first kappa shape index (κ1) is 8.67. The third-order valence-electron chi connectivity index (χ3n) is 2.21. The van der Waals surface area contributed by atoms with Crippen molar-refractivity contribution in [2.45, 2.75) is 6.92 Å². The zero-order chi connectivity index (χ0) is 10.3. The molecule has 0 aliphatic carbocycles. The normalized spacial score (nSPS) is 11.3. The Balaban J connectivity index is 2.28. The van der Waals surface area contributed by atoms with Gasteiger partial charge in [-0.2, -0.15) is 4.98 Å². The average molecular weight is 218 g/mol. The Kier molecular flexibility index (Phi) is 1.85. The first-order chi connectivity index (χ1) is 7.38. The van der Waals surface area contributed by atoms with E-state index in [4.69, 9.17) is 0 Å². The highest BCUT2D eigenvalue weighted by Crippen LogP contribution is 2.22. The smallest absolute Gasteiger partial charge is 0.247 e. The number of rotatable bonds is 2. The van der Waals surface area contributed by atoms with Crippen molar-refractivity contribution < 1.29 is 0 Å². The van der Waals surface area contributed by atoms with E-state index in [1.165, 1.54) is 0 Å². The highest BCUT2D eigenvalue weighted by Gasteiger charge is 2.08. The predicted molar refractivity (Wildman–Crippen MR) is 62.5 cm³/mol. The molecule has 0 amide bonds. The average Bonchev–Trinajstić information content (AvgIpc) is 2.75. The molecule has 0 aliphatic heterocycles. The number of nitrogens with one attached hydrogen (secondary N) is 1. The monoisotopic (exact) mass is 218 g/mol. The van der Waals surface area contributed by atoms with E-state index in [-0.39, 0.29) is 0 Å². The maximum absolute atomic E-state index is 4.44. The molecule has 76 valence electrons. The van der Waals surface area contributed by atoms with Gasteiger partial charge in [0.2, 0.25) is 10.9 Å². The molecule has 0 saturated carbocycles. The van der Waals surface area contributed by atoms with Crippen molar-refractivity contribution in [2.24, 2.45) is 0 Å². The van der Waals surface area contributed by atoms with Gasteiger partial charge >= 0.3 is 0 Å². The maximum atomic E-state index is 4.44. The number of fused-ring (bicyclic) bond motifs is 3.